The van der Waals surface area contributed by atoms with Gasteiger partial charge in [-0.2, -0.15) is 0 Å². The Morgan fingerprint density at radius 1 is 0.654 bits per heavy atom. The Balaban J connectivity index is 0.00000625. The van der Waals surface area contributed by atoms with E-state index in [0.29, 0.717) is 0 Å². The van der Waals surface area contributed by atoms with Gasteiger partial charge in [0.15, 0.2) is 12.4 Å². The Kier molecular flexibility index (Phi) is 17.4. The van der Waals surface area contributed by atoms with Crippen LogP contribution < -0.4 is 26.4 Å². The van der Waals surface area contributed by atoms with Gasteiger partial charge in [-0.15, -0.1) is 0 Å². The maximum Gasteiger partial charge on any atom is 0.170 e. The molecule has 1 aromatic heterocycles. The third kappa shape index (κ3) is 13.6. The Labute approximate surface area is 174 Å². The minimum absolute atomic E-state index is 0. The minimum atomic E-state index is 0. The molecule has 0 saturated carbocycles. The van der Waals surface area contributed by atoms with Crippen molar-refractivity contribution in [2.45, 2.75) is 103 Å². The van der Waals surface area contributed by atoms with E-state index in [0.717, 1.165) is 6.54 Å². The van der Waals surface area contributed by atoms with Gasteiger partial charge in [-0.3, -0.25) is 0 Å². The largest absolute Gasteiger partial charge is 1.00 e. The van der Waals surface area contributed by atoms with Crippen LogP contribution >= 0.6 is 0 Å². The van der Waals surface area contributed by atoms with Gasteiger partial charge in [0.2, 0.25) is 0 Å². The van der Waals surface area contributed by atoms with Crippen molar-refractivity contribution in [2.75, 3.05) is 19.0 Å². The highest BCUT2D eigenvalue weighted by molar-refractivity contribution is 5.41. The zero-order valence-electron chi connectivity index (χ0n) is 17.7. The van der Waals surface area contributed by atoms with Crippen LogP contribution in [0.4, 0.5) is 5.69 Å². The lowest BCUT2D eigenvalue weighted by atomic mass is 10.0. The van der Waals surface area contributed by atoms with Gasteiger partial charge in [0.1, 0.15) is 6.54 Å². The van der Waals surface area contributed by atoms with Gasteiger partial charge in [-0.05, 0) is 6.42 Å². The molecule has 0 aliphatic rings. The number of aryl methyl sites for hydroxylation is 1. The maximum absolute atomic E-state index is 2.31. The van der Waals surface area contributed by atoms with Gasteiger partial charge in [0, 0.05) is 38.3 Å². The first-order chi connectivity index (χ1) is 12.2. The third-order valence-corrected chi connectivity index (χ3v) is 5.16. The molecule has 0 aromatic carbocycles. The number of nitrogens with zero attached hydrogens (tertiary/aromatic N) is 2. The number of halogens is 1. The molecular formula is C23H43BrN2. The molecule has 3 heteroatoms. The third-order valence-electron chi connectivity index (χ3n) is 5.16. The van der Waals surface area contributed by atoms with Crippen molar-refractivity contribution < 1.29 is 21.5 Å². The van der Waals surface area contributed by atoms with E-state index in [1.165, 1.54) is 95.6 Å². The Bertz CT molecular complexity index is 403. The summed E-state index contributed by atoms with van der Waals surface area (Å²) >= 11 is 0. The van der Waals surface area contributed by atoms with Crippen molar-refractivity contribution in [3.8, 4) is 0 Å². The number of rotatable bonds is 16. The predicted molar refractivity (Wildman–Crippen MR) is 111 cm³/mol. The molecule has 26 heavy (non-hydrogen) atoms. The lowest BCUT2D eigenvalue weighted by Crippen LogP contribution is -3.00. The molecule has 0 fully saturated rings. The molecule has 0 radical (unpaired) electrons. The fourth-order valence-corrected chi connectivity index (χ4v) is 3.39. The topological polar surface area (TPSA) is 7.12 Å². The van der Waals surface area contributed by atoms with E-state index in [1.54, 1.807) is 0 Å². The average Bonchev–Trinajstić information content (AvgIpc) is 2.62. The second-order valence-corrected chi connectivity index (χ2v) is 7.78. The molecule has 1 aromatic rings. The summed E-state index contributed by atoms with van der Waals surface area (Å²) in [5.74, 6) is 0. The molecule has 0 N–H and O–H groups in total. The van der Waals surface area contributed by atoms with E-state index in [9.17, 15) is 0 Å². The molecule has 0 aliphatic carbocycles. The van der Waals surface area contributed by atoms with Crippen LogP contribution in [0.1, 0.15) is 96.8 Å². The van der Waals surface area contributed by atoms with Gasteiger partial charge in [-0.25, -0.2) is 4.57 Å². The maximum atomic E-state index is 2.31. The van der Waals surface area contributed by atoms with Crippen LogP contribution in [0, 0.1) is 0 Å². The van der Waals surface area contributed by atoms with E-state index in [2.05, 4.69) is 55.0 Å². The standard InChI is InChI=1S/C23H43N2.BrH/c1-4-5-6-7-8-9-10-11-12-13-14-15-16-17-20-25-21-18-23(19-22-25)24(2)3;/h18-19,21-22H,4-17,20H2,1-3H3;1H/q+1;/p-1. The molecule has 0 atom stereocenters. The Hall–Kier alpha value is -0.570. The van der Waals surface area contributed by atoms with E-state index < -0.39 is 0 Å². The van der Waals surface area contributed by atoms with E-state index >= 15 is 0 Å². The molecule has 0 spiro atoms. The molecule has 2 nitrogen and oxygen atoms in total. The van der Waals surface area contributed by atoms with Crippen LogP contribution in [0.15, 0.2) is 24.5 Å². The monoisotopic (exact) mass is 426 g/mol. The van der Waals surface area contributed by atoms with Crippen molar-refractivity contribution in [3.63, 3.8) is 0 Å². The van der Waals surface area contributed by atoms with Crippen LogP contribution in [0.3, 0.4) is 0 Å². The number of hydrogen-bond donors (Lipinski definition) is 0. The van der Waals surface area contributed by atoms with Crippen LogP contribution in [0.25, 0.3) is 0 Å². The SMILES string of the molecule is CCCCCCCCCCCCCCCC[n+]1ccc(N(C)C)cc1.[Br-]. The number of hydrogen-bond acceptors (Lipinski definition) is 1. The average molecular weight is 428 g/mol. The summed E-state index contributed by atoms with van der Waals surface area (Å²) in [6.45, 7) is 3.45. The summed E-state index contributed by atoms with van der Waals surface area (Å²) in [5.41, 5.74) is 1.28. The molecule has 0 aliphatic heterocycles. The molecule has 1 heterocycles. The number of unbranched alkanes of at least 4 members (excludes halogenated alkanes) is 13. The number of anilines is 1. The lowest BCUT2D eigenvalue weighted by molar-refractivity contribution is -0.697. The summed E-state index contributed by atoms with van der Waals surface area (Å²) in [4.78, 5) is 2.15. The first-order valence-corrected chi connectivity index (χ1v) is 10.9. The van der Waals surface area contributed by atoms with Gasteiger partial charge < -0.3 is 21.9 Å². The highest BCUT2D eigenvalue weighted by Crippen LogP contribution is 2.13. The van der Waals surface area contributed by atoms with Crippen molar-refractivity contribution in [3.05, 3.63) is 24.5 Å². The highest BCUT2D eigenvalue weighted by atomic mass is 79.9. The molecule has 0 unspecified atom stereocenters. The van der Waals surface area contributed by atoms with Gasteiger partial charge in [0.25, 0.3) is 0 Å². The van der Waals surface area contributed by atoms with Gasteiger partial charge >= 0.3 is 0 Å². The Morgan fingerprint density at radius 2 is 1.04 bits per heavy atom. The van der Waals surface area contributed by atoms with Gasteiger partial charge in [-0.1, -0.05) is 84.0 Å². The fraction of sp³-hybridized carbons (Fsp3) is 0.783. The second kappa shape index (κ2) is 17.8. The summed E-state index contributed by atoms with van der Waals surface area (Å²) in [7, 11) is 4.18. The Morgan fingerprint density at radius 3 is 1.42 bits per heavy atom. The highest BCUT2D eigenvalue weighted by Gasteiger charge is 2.02. The first-order valence-electron chi connectivity index (χ1n) is 10.9. The van der Waals surface area contributed by atoms with E-state index in [1.807, 2.05) is 0 Å². The molecule has 0 saturated heterocycles. The minimum Gasteiger partial charge on any atom is -1.00 e. The summed E-state index contributed by atoms with van der Waals surface area (Å²) in [6, 6.07) is 4.40. The van der Waals surface area contributed by atoms with E-state index in [4.69, 9.17) is 0 Å². The molecule has 0 amide bonds. The second-order valence-electron chi connectivity index (χ2n) is 7.78. The van der Waals surface area contributed by atoms with Crippen molar-refractivity contribution >= 4 is 5.69 Å². The van der Waals surface area contributed by atoms with Crippen LogP contribution in [-0.2, 0) is 6.54 Å². The van der Waals surface area contributed by atoms with Crippen LogP contribution in [0.5, 0.6) is 0 Å². The summed E-state index contributed by atoms with van der Waals surface area (Å²) in [5, 5.41) is 0. The normalized spacial score (nSPS) is 10.6. The smallest absolute Gasteiger partial charge is 0.170 e. The summed E-state index contributed by atoms with van der Waals surface area (Å²) < 4.78 is 2.31. The fourth-order valence-electron chi connectivity index (χ4n) is 3.39. The van der Waals surface area contributed by atoms with Crippen molar-refractivity contribution in [2.24, 2.45) is 0 Å². The predicted octanol–water partition coefficient (Wildman–Crippen LogP) is 3.53. The molecule has 0 bridgehead atoms. The summed E-state index contributed by atoms with van der Waals surface area (Å²) in [6.07, 6.45) is 24.4. The quantitative estimate of drug-likeness (QED) is 0.289. The van der Waals surface area contributed by atoms with Crippen LogP contribution in [0.2, 0.25) is 0 Å². The molecule has 1 rings (SSSR count). The molecule has 152 valence electrons. The lowest BCUT2D eigenvalue weighted by Gasteiger charge is -2.10. The zero-order valence-corrected chi connectivity index (χ0v) is 19.3. The number of pyridine rings is 1. The molecular weight excluding hydrogens is 384 g/mol. The zero-order chi connectivity index (χ0) is 18.2. The van der Waals surface area contributed by atoms with E-state index in [-0.39, 0.29) is 17.0 Å². The number of aromatic nitrogens is 1. The first kappa shape index (κ1) is 25.4. The van der Waals surface area contributed by atoms with Crippen molar-refractivity contribution in [1.29, 1.82) is 0 Å². The van der Waals surface area contributed by atoms with Crippen LogP contribution in [-0.4, -0.2) is 14.1 Å². The van der Waals surface area contributed by atoms with Gasteiger partial charge in [0.05, 0.1) is 0 Å². The van der Waals surface area contributed by atoms with Crippen molar-refractivity contribution in [1.82, 2.24) is 0 Å².